The van der Waals surface area contributed by atoms with Crippen molar-refractivity contribution in [3.8, 4) is 89.0 Å². The maximum atomic E-state index is 2.62. The van der Waals surface area contributed by atoms with Gasteiger partial charge in [0, 0.05) is 39.5 Å². The van der Waals surface area contributed by atoms with Crippen LogP contribution in [0.2, 0.25) is 0 Å². The van der Waals surface area contributed by atoms with E-state index in [2.05, 4.69) is 437 Å². The molecular weight excluding hydrogens is 1450 g/mol. The number of benzene rings is 18. The molecule has 0 bridgehead atoms. The van der Waals surface area contributed by atoms with Gasteiger partial charge in [-0.05, 0) is 279 Å². The fourth-order valence-corrected chi connectivity index (χ4v) is 25.8. The van der Waals surface area contributed by atoms with Gasteiger partial charge in [-0.2, -0.15) is 0 Å². The summed E-state index contributed by atoms with van der Waals surface area (Å²) in [5.41, 5.74) is 50.1. The number of fused-ring (bicyclic) bond motifs is 41. The van der Waals surface area contributed by atoms with Crippen LogP contribution in [0.15, 0.2) is 406 Å². The van der Waals surface area contributed by atoms with Gasteiger partial charge >= 0.3 is 0 Å². The highest BCUT2D eigenvalue weighted by atomic mass is 15.2. The van der Waals surface area contributed by atoms with E-state index in [9.17, 15) is 0 Å². The molecule has 0 radical (unpaired) electrons. The summed E-state index contributed by atoms with van der Waals surface area (Å²) >= 11 is 0. The topological polar surface area (TPSA) is 6.48 Å². The van der Waals surface area contributed by atoms with Crippen LogP contribution in [0.25, 0.3) is 89.0 Å². The van der Waals surface area contributed by atoms with Crippen LogP contribution in [-0.4, -0.2) is 0 Å². The van der Waals surface area contributed by atoms with Gasteiger partial charge in [-0.25, -0.2) is 0 Å². The summed E-state index contributed by atoms with van der Waals surface area (Å²) in [6, 6.07) is 158. The average molecular weight is 1520 g/mol. The molecule has 0 aromatic heterocycles. The summed E-state index contributed by atoms with van der Waals surface area (Å²) in [6.07, 6.45) is 0.922. The van der Waals surface area contributed by atoms with Gasteiger partial charge in [-0.1, -0.05) is 354 Å². The third kappa shape index (κ3) is 8.02. The van der Waals surface area contributed by atoms with Gasteiger partial charge in [0.15, 0.2) is 0 Å². The van der Waals surface area contributed by atoms with Crippen molar-refractivity contribution in [1.82, 2.24) is 0 Å². The summed E-state index contributed by atoms with van der Waals surface area (Å²) in [5, 5.41) is 0. The molecule has 2 nitrogen and oxygen atoms in total. The molecule has 18 aromatic rings. The van der Waals surface area contributed by atoms with Gasteiger partial charge in [0.1, 0.15) is 0 Å². The fraction of sp³-hybridized carbons (Fsp3) is 0.0847. The largest absolute Gasteiger partial charge is 0.310 e. The zero-order chi connectivity index (χ0) is 78.9. The van der Waals surface area contributed by atoms with Crippen LogP contribution in [0.1, 0.15) is 133 Å². The molecule has 0 heterocycles. The lowest BCUT2D eigenvalue weighted by molar-refractivity contribution is 0.425. The van der Waals surface area contributed by atoms with Crippen LogP contribution < -0.4 is 9.80 Å². The second-order valence-electron chi connectivity index (χ2n) is 35.8. The zero-order valence-electron chi connectivity index (χ0n) is 66.8. The highest BCUT2D eigenvalue weighted by Gasteiger charge is 2.57. The van der Waals surface area contributed by atoms with Crippen molar-refractivity contribution >= 4 is 34.1 Å². The molecule has 120 heavy (non-hydrogen) atoms. The van der Waals surface area contributed by atoms with E-state index < -0.39 is 21.7 Å². The summed E-state index contributed by atoms with van der Waals surface area (Å²) in [7, 11) is 0. The predicted octanol–water partition coefficient (Wildman–Crippen LogP) is 29.0. The molecule has 0 saturated heterocycles. The van der Waals surface area contributed by atoms with Crippen molar-refractivity contribution in [1.29, 1.82) is 0 Å². The lowest BCUT2D eigenvalue weighted by atomic mass is 9.70. The van der Waals surface area contributed by atoms with Crippen molar-refractivity contribution in [2.24, 2.45) is 0 Å². The molecule has 0 aliphatic heterocycles. The van der Waals surface area contributed by atoms with Crippen molar-refractivity contribution < 1.29 is 0 Å². The summed E-state index contributed by atoms with van der Waals surface area (Å²) in [6.45, 7) is 7.52. The molecule has 9 aliphatic carbocycles. The Morgan fingerprint density at radius 1 is 0.158 bits per heavy atom. The lowest BCUT2D eigenvalue weighted by Gasteiger charge is -2.34. The molecule has 560 valence electrons. The Hall–Kier alpha value is -14.4. The lowest BCUT2D eigenvalue weighted by Crippen LogP contribution is -2.26. The van der Waals surface area contributed by atoms with Crippen molar-refractivity contribution in [3.63, 3.8) is 0 Å². The highest BCUT2D eigenvalue weighted by Crippen LogP contribution is 2.70. The van der Waals surface area contributed by atoms with Crippen LogP contribution >= 0.6 is 0 Å². The second kappa shape index (κ2) is 23.5. The first kappa shape index (κ1) is 66.7. The normalized spacial score (nSPS) is 16.8. The standard InChI is InChI=1S/C118H78N2/c1-113(2)71-114(3,72-52-54-73(55-53-72)119(74-56-61-91-87-36-12-24-48-103(87)115(108(91)66-74)95-40-16-4-28-79(95)80-29-5-17-41-96(80)115)75-57-62-92-88-37-13-25-49-104(88)116(109(92)67-75)97-42-18-6-30-81(97)82-31-7-19-43-98(82)116)107-65-60-78(70-112(107)113)120(76-58-63-93-89-38-14-26-50-105(89)117(110(93)68-76)99-44-20-8-32-83(99)84-33-9-21-45-100(84)117)77-59-64-94-90-39-15-27-51-106(90)118(111(94)69-77)101-46-22-10-34-85(101)86-35-11-23-47-102(86)118/h4-70H,71H2,1-3H3. The first-order valence-corrected chi connectivity index (χ1v) is 42.7. The minimum Gasteiger partial charge on any atom is -0.310 e. The van der Waals surface area contributed by atoms with E-state index in [0.717, 1.165) is 40.5 Å². The van der Waals surface area contributed by atoms with E-state index in [1.165, 1.54) is 195 Å². The van der Waals surface area contributed by atoms with Crippen LogP contribution in [-0.2, 0) is 32.5 Å². The van der Waals surface area contributed by atoms with E-state index in [1.54, 1.807) is 0 Å². The number of hydrogen-bond donors (Lipinski definition) is 0. The maximum absolute atomic E-state index is 2.62. The van der Waals surface area contributed by atoms with E-state index in [0.29, 0.717) is 0 Å². The molecule has 0 N–H and O–H groups in total. The van der Waals surface area contributed by atoms with Crippen LogP contribution in [0.4, 0.5) is 34.1 Å². The molecule has 4 spiro atoms. The molecule has 2 heteroatoms. The van der Waals surface area contributed by atoms with Gasteiger partial charge in [0.2, 0.25) is 0 Å². The van der Waals surface area contributed by atoms with Gasteiger partial charge in [0.05, 0.1) is 21.7 Å². The monoisotopic (exact) mass is 1520 g/mol. The molecule has 27 rings (SSSR count). The predicted molar refractivity (Wildman–Crippen MR) is 492 cm³/mol. The van der Waals surface area contributed by atoms with Gasteiger partial charge < -0.3 is 9.80 Å². The molecule has 9 aliphatic rings. The molecule has 0 amide bonds. The van der Waals surface area contributed by atoms with E-state index in [-0.39, 0.29) is 10.8 Å². The van der Waals surface area contributed by atoms with Gasteiger partial charge in [-0.3, -0.25) is 0 Å². The quantitative estimate of drug-likeness (QED) is 0.157. The minimum atomic E-state index is -0.534. The highest BCUT2D eigenvalue weighted by molar-refractivity contribution is 6.03. The first-order chi connectivity index (χ1) is 59.1. The van der Waals surface area contributed by atoms with Gasteiger partial charge in [-0.15, -0.1) is 0 Å². The van der Waals surface area contributed by atoms with E-state index >= 15 is 0 Å². The summed E-state index contributed by atoms with van der Waals surface area (Å²) in [5.74, 6) is 0. The Bertz CT molecular complexity index is 6970. The Morgan fingerprint density at radius 3 is 0.558 bits per heavy atom. The van der Waals surface area contributed by atoms with Crippen LogP contribution in [0, 0.1) is 0 Å². The first-order valence-electron chi connectivity index (χ1n) is 42.7. The van der Waals surface area contributed by atoms with E-state index in [1.807, 2.05) is 0 Å². The Labute approximate surface area is 700 Å². The summed E-state index contributed by atoms with van der Waals surface area (Å²) in [4.78, 5) is 5.21. The fourth-order valence-electron chi connectivity index (χ4n) is 25.8. The van der Waals surface area contributed by atoms with Crippen molar-refractivity contribution in [2.45, 2.75) is 59.7 Å². The van der Waals surface area contributed by atoms with Gasteiger partial charge in [0.25, 0.3) is 0 Å². The zero-order valence-corrected chi connectivity index (χ0v) is 66.8. The van der Waals surface area contributed by atoms with E-state index in [4.69, 9.17) is 0 Å². The number of anilines is 6. The Morgan fingerprint density at radius 2 is 0.333 bits per heavy atom. The molecule has 1 atom stereocenters. The Kier molecular flexibility index (Phi) is 13.0. The molecule has 1 unspecified atom stereocenters. The Balaban J connectivity index is 0.641. The molecule has 0 fully saturated rings. The maximum Gasteiger partial charge on any atom is 0.0726 e. The third-order valence-electron chi connectivity index (χ3n) is 30.1. The SMILES string of the molecule is CC1(C)CC(C)(c2ccc(N(c3ccc4c(c3)C3(c5ccccc5-c5ccccc53)c3ccccc3-4)c3ccc4c(c3)C3(c5ccccc5-c5ccccc53)c3ccccc3-4)cc2)c2ccc(N(c3ccc4c(c3)C3(c5ccccc5-c5ccccc53)c3ccccc3-4)c3ccc4c(c3)C3(c5ccccc5-c5ccccc53)c3ccccc3-4)cc21. The van der Waals surface area contributed by atoms with Crippen molar-refractivity contribution in [2.75, 3.05) is 9.80 Å². The second-order valence-corrected chi connectivity index (χ2v) is 35.8. The molecule has 0 saturated carbocycles. The summed E-state index contributed by atoms with van der Waals surface area (Å²) < 4.78 is 0. The average Bonchev–Trinajstić information content (AvgIpc) is 1.52. The number of nitrogens with zero attached hydrogens (tertiary/aromatic N) is 2. The van der Waals surface area contributed by atoms with Crippen molar-refractivity contribution in [3.05, 3.63) is 512 Å². The van der Waals surface area contributed by atoms with Crippen LogP contribution in [0.3, 0.4) is 0 Å². The molecule has 18 aromatic carbocycles. The minimum absolute atomic E-state index is 0.233. The number of hydrogen-bond acceptors (Lipinski definition) is 2. The number of rotatable bonds is 7. The third-order valence-corrected chi connectivity index (χ3v) is 30.1. The van der Waals surface area contributed by atoms with Crippen LogP contribution in [0.5, 0.6) is 0 Å². The smallest absolute Gasteiger partial charge is 0.0726 e. The molecular formula is C118H78N2.